The van der Waals surface area contributed by atoms with Gasteiger partial charge in [-0.2, -0.15) is 5.10 Å². The molecule has 1 N–H and O–H groups in total. The average Bonchev–Trinajstić information content (AvgIpc) is 3.62. The Kier molecular flexibility index (Phi) is 9.25. The van der Waals surface area contributed by atoms with Gasteiger partial charge >= 0.3 is 5.91 Å². The molecule has 218 valence electrons. The van der Waals surface area contributed by atoms with Crippen molar-refractivity contribution >= 4 is 29.6 Å². The van der Waals surface area contributed by atoms with E-state index in [1.54, 1.807) is 35.2 Å². The van der Waals surface area contributed by atoms with Crippen LogP contribution in [0, 0.1) is 13.8 Å². The molecule has 2 aromatic carbocycles. The molecule has 0 unspecified atom stereocenters. The smallest absolute Gasteiger partial charge is 0.307 e. The third kappa shape index (κ3) is 7.20. The topological polar surface area (TPSA) is 108 Å². The number of carbonyl (C=O) groups excluding carboxylic acids is 2. The van der Waals surface area contributed by atoms with Crippen molar-refractivity contribution in [2.24, 2.45) is 5.10 Å². The molecular formula is C31H31ClN4O6. The van der Waals surface area contributed by atoms with E-state index in [1.807, 2.05) is 24.3 Å². The summed E-state index contributed by atoms with van der Waals surface area (Å²) in [6.07, 6.45) is 1.39. The molecule has 0 atom stereocenters. The Hall–Kier alpha value is -4.54. The van der Waals surface area contributed by atoms with Crippen LogP contribution in [0.2, 0.25) is 5.02 Å². The van der Waals surface area contributed by atoms with Crippen molar-refractivity contribution in [1.82, 2.24) is 14.9 Å². The van der Waals surface area contributed by atoms with Crippen LogP contribution in [0.4, 0.5) is 0 Å². The highest BCUT2D eigenvalue weighted by atomic mass is 35.5. The average molecular weight is 591 g/mol. The third-order valence-electron chi connectivity index (χ3n) is 6.69. The summed E-state index contributed by atoms with van der Waals surface area (Å²) in [5.74, 6) is 0.981. The van der Waals surface area contributed by atoms with Crippen LogP contribution in [0.1, 0.15) is 33.3 Å². The lowest BCUT2D eigenvalue weighted by molar-refractivity contribution is -0.137. The van der Waals surface area contributed by atoms with Crippen molar-refractivity contribution < 1.29 is 28.2 Å². The number of halogens is 1. The predicted octanol–water partition coefficient (Wildman–Crippen LogP) is 4.92. The number of nitrogens with zero attached hydrogens (tertiary/aromatic N) is 3. The van der Waals surface area contributed by atoms with E-state index in [0.717, 1.165) is 17.1 Å². The zero-order valence-corrected chi connectivity index (χ0v) is 24.1. The molecule has 0 bridgehead atoms. The number of aryl methyl sites for hydroxylation is 2. The van der Waals surface area contributed by atoms with E-state index in [-0.39, 0.29) is 24.9 Å². The number of nitrogens with one attached hydrogen (secondary N) is 1. The molecule has 1 fully saturated rings. The molecule has 0 saturated carbocycles. The molecule has 2 amide bonds. The number of benzene rings is 2. The summed E-state index contributed by atoms with van der Waals surface area (Å²) in [5.41, 5.74) is 6.30. The van der Waals surface area contributed by atoms with Crippen molar-refractivity contribution in [3.05, 3.63) is 100 Å². The lowest BCUT2D eigenvalue weighted by Crippen LogP contribution is -2.43. The van der Waals surface area contributed by atoms with Gasteiger partial charge in [0.25, 0.3) is 5.91 Å². The summed E-state index contributed by atoms with van der Waals surface area (Å²) in [5, 5.41) is 4.47. The second kappa shape index (κ2) is 13.4. The molecule has 5 rings (SSSR count). The molecule has 2 aromatic heterocycles. The summed E-state index contributed by atoms with van der Waals surface area (Å²) in [6.45, 7) is 6.24. The number of furan rings is 1. The molecule has 3 heterocycles. The van der Waals surface area contributed by atoms with Crippen LogP contribution >= 0.6 is 11.6 Å². The van der Waals surface area contributed by atoms with Gasteiger partial charge in [0.15, 0.2) is 12.4 Å². The number of hydrazone groups is 1. The maximum absolute atomic E-state index is 12.6. The minimum atomic E-state index is -0.536. The number of rotatable bonds is 10. The first-order valence-electron chi connectivity index (χ1n) is 13.5. The first-order chi connectivity index (χ1) is 20.4. The quantitative estimate of drug-likeness (QED) is 0.207. The van der Waals surface area contributed by atoms with Crippen molar-refractivity contribution in [2.45, 2.75) is 20.5 Å². The normalized spacial score (nSPS) is 13.4. The van der Waals surface area contributed by atoms with Crippen LogP contribution in [0.15, 0.2) is 76.2 Å². The molecule has 0 radical (unpaired) electrons. The lowest BCUT2D eigenvalue weighted by atomic mass is 10.2. The Labute approximate surface area is 248 Å². The molecule has 0 aliphatic carbocycles. The number of morpholine rings is 1. The Balaban J connectivity index is 1.13. The van der Waals surface area contributed by atoms with Gasteiger partial charge in [-0.25, -0.2) is 5.43 Å². The van der Waals surface area contributed by atoms with Gasteiger partial charge in [0.1, 0.15) is 23.9 Å². The fourth-order valence-corrected chi connectivity index (χ4v) is 4.69. The Morgan fingerprint density at radius 3 is 2.45 bits per heavy atom. The number of hydrogen-bond donors (Lipinski definition) is 1. The third-order valence-corrected chi connectivity index (χ3v) is 6.92. The molecule has 1 aliphatic heterocycles. The largest absolute Gasteiger partial charge is 0.486 e. The van der Waals surface area contributed by atoms with Crippen molar-refractivity contribution in [3.8, 4) is 17.2 Å². The number of aromatic nitrogens is 1. The van der Waals surface area contributed by atoms with E-state index < -0.39 is 5.91 Å². The second-order valence-electron chi connectivity index (χ2n) is 9.66. The van der Waals surface area contributed by atoms with Crippen LogP contribution in [0.25, 0.3) is 5.69 Å². The van der Waals surface area contributed by atoms with Crippen LogP contribution < -0.4 is 14.9 Å². The zero-order chi connectivity index (χ0) is 29.5. The predicted molar refractivity (Wildman–Crippen MR) is 158 cm³/mol. The molecule has 0 spiro atoms. The summed E-state index contributed by atoms with van der Waals surface area (Å²) < 4.78 is 24.6. The first kappa shape index (κ1) is 29.0. The van der Waals surface area contributed by atoms with Gasteiger partial charge in [0.05, 0.1) is 19.4 Å². The van der Waals surface area contributed by atoms with Crippen LogP contribution in [-0.4, -0.2) is 60.4 Å². The fourth-order valence-electron chi connectivity index (χ4n) is 4.51. The molecule has 10 nitrogen and oxygen atoms in total. The van der Waals surface area contributed by atoms with Crippen molar-refractivity contribution in [2.75, 3.05) is 32.9 Å². The highest BCUT2D eigenvalue weighted by Gasteiger charge is 2.18. The van der Waals surface area contributed by atoms with Gasteiger partial charge < -0.3 is 28.1 Å². The number of amides is 2. The molecule has 1 saturated heterocycles. The maximum Gasteiger partial charge on any atom is 0.307 e. The van der Waals surface area contributed by atoms with Gasteiger partial charge in [0, 0.05) is 40.8 Å². The van der Waals surface area contributed by atoms with E-state index >= 15 is 0 Å². The highest BCUT2D eigenvalue weighted by Crippen LogP contribution is 2.23. The zero-order valence-electron chi connectivity index (χ0n) is 23.3. The van der Waals surface area contributed by atoms with Gasteiger partial charge in [-0.3, -0.25) is 9.59 Å². The van der Waals surface area contributed by atoms with Crippen molar-refractivity contribution in [3.63, 3.8) is 0 Å². The number of carbonyl (C=O) groups is 2. The molecule has 42 heavy (non-hydrogen) atoms. The Morgan fingerprint density at radius 2 is 1.71 bits per heavy atom. The standard InChI is InChI=1S/C31H31ClN4O6/c1-21-3-4-22(2)36(21)25-6-8-26(9-7-25)40-19-27-10-12-29(42-27)31(38)34-33-18-23-17-24(32)5-11-28(23)41-20-30(37)35-13-15-39-16-14-35/h3-12,17-18H,13-16,19-20H2,1-2H3,(H,34,38)/b33-18+. The Morgan fingerprint density at radius 1 is 0.976 bits per heavy atom. The molecule has 11 heteroatoms. The maximum atomic E-state index is 12.6. The van der Waals surface area contributed by atoms with Gasteiger partial charge in [0.2, 0.25) is 0 Å². The minimum absolute atomic E-state index is 0.0818. The van der Waals surface area contributed by atoms with E-state index in [9.17, 15) is 9.59 Å². The van der Waals surface area contributed by atoms with Gasteiger partial charge in [-0.15, -0.1) is 0 Å². The minimum Gasteiger partial charge on any atom is -0.486 e. The van der Waals surface area contributed by atoms with Crippen LogP contribution in [0.3, 0.4) is 0 Å². The van der Waals surface area contributed by atoms with E-state index in [1.165, 1.54) is 6.21 Å². The second-order valence-corrected chi connectivity index (χ2v) is 10.1. The van der Waals surface area contributed by atoms with E-state index in [4.69, 9.17) is 30.2 Å². The van der Waals surface area contributed by atoms with Gasteiger partial charge in [-0.1, -0.05) is 11.6 Å². The summed E-state index contributed by atoms with van der Waals surface area (Å²) >= 11 is 6.14. The van der Waals surface area contributed by atoms with Crippen LogP contribution in [-0.2, 0) is 16.1 Å². The Bertz CT molecular complexity index is 1550. The van der Waals surface area contributed by atoms with Crippen molar-refractivity contribution in [1.29, 1.82) is 0 Å². The summed E-state index contributed by atoms with van der Waals surface area (Å²) in [6, 6.07) is 20.1. The number of hydrogen-bond acceptors (Lipinski definition) is 7. The number of ether oxygens (including phenoxy) is 3. The fraction of sp³-hybridized carbons (Fsp3) is 0.258. The monoisotopic (exact) mass is 590 g/mol. The van der Waals surface area contributed by atoms with E-state index in [0.29, 0.717) is 54.1 Å². The summed E-state index contributed by atoms with van der Waals surface area (Å²) in [4.78, 5) is 26.7. The highest BCUT2D eigenvalue weighted by molar-refractivity contribution is 6.30. The van der Waals surface area contributed by atoms with Gasteiger partial charge in [-0.05, 0) is 80.6 Å². The van der Waals surface area contributed by atoms with E-state index in [2.05, 4.69) is 41.1 Å². The van der Waals surface area contributed by atoms with Crippen LogP contribution in [0.5, 0.6) is 11.5 Å². The molecular weight excluding hydrogens is 560 g/mol. The lowest BCUT2D eigenvalue weighted by Gasteiger charge is -2.26. The molecule has 4 aromatic rings. The molecule has 1 aliphatic rings. The SMILES string of the molecule is Cc1ccc(C)n1-c1ccc(OCc2ccc(C(=O)N/N=C/c3cc(Cl)ccc3OCC(=O)N3CCOCC3)o2)cc1. The summed E-state index contributed by atoms with van der Waals surface area (Å²) in [7, 11) is 0. The first-order valence-corrected chi connectivity index (χ1v) is 13.8.